The lowest BCUT2D eigenvalue weighted by Gasteiger charge is -2.33. The molecule has 0 saturated carbocycles. The number of nitrogens with one attached hydrogen (secondary N) is 1. The second kappa shape index (κ2) is 9.20. The van der Waals surface area contributed by atoms with Crippen molar-refractivity contribution in [3.05, 3.63) is 42.5 Å². The SMILES string of the molecule is C=CCNS(=O)(=O)c1ccc(C(=O)N2CCSCC2C(=O)OCC)cc1. The van der Waals surface area contributed by atoms with Crippen molar-refractivity contribution in [1.82, 2.24) is 9.62 Å². The van der Waals surface area contributed by atoms with Gasteiger partial charge in [0.05, 0.1) is 11.5 Å². The predicted molar refractivity (Wildman–Crippen MR) is 101 cm³/mol. The molecule has 9 heteroatoms. The van der Waals surface area contributed by atoms with E-state index in [-0.39, 0.29) is 24.0 Å². The Balaban J connectivity index is 2.18. The molecule has 0 bridgehead atoms. The van der Waals surface area contributed by atoms with Crippen molar-refractivity contribution in [3.63, 3.8) is 0 Å². The zero-order valence-electron chi connectivity index (χ0n) is 14.5. The van der Waals surface area contributed by atoms with Crippen molar-refractivity contribution in [2.24, 2.45) is 0 Å². The van der Waals surface area contributed by atoms with Crippen molar-refractivity contribution >= 4 is 33.7 Å². The number of carbonyl (C=O) groups is 2. The minimum absolute atomic E-state index is 0.0621. The van der Waals surface area contributed by atoms with Crippen LogP contribution < -0.4 is 4.72 Å². The van der Waals surface area contributed by atoms with Crippen molar-refractivity contribution in [2.45, 2.75) is 17.9 Å². The van der Waals surface area contributed by atoms with Crippen LogP contribution in [0, 0.1) is 0 Å². The number of carbonyl (C=O) groups excluding carboxylic acids is 2. The molecule has 1 aromatic carbocycles. The first-order valence-corrected chi connectivity index (χ1v) is 10.8. The number of rotatable bonds is 7. The maximum Gasteiger partial charge on any atom is 0.329 e. The van der Waals surface area contributed by atoms with Gasteiger partial charge in [0.25, 0.3) is 5.91 Å². The van der Waals surface area contributed by atoms with Gasteiger partial charge in [-0.25, -0.2) is 17.9 Å². The van der Waals surface area contributed by atoms with E-state index in [2.05, 4.69) is 11.3 Å². The highest BCUT2D eigenvalue weighted by Crippen LogP contribution is 2.21. The molecule has 1 N–H and O–H groups in total. The largest absolute Gasteiger partial charge is 0.464 e. The summed E-state index contributed by atoms with van der Waals surface area (Å²) >= 11 is 1.60. The number of hydrogen-bond acceptors (Lipinski definition) is 6. The molecule has 1 aromatic rings. The normalized spacial score (nSPS) is 17.6. The number of thioether (sulfide) groups is 1. The van der Waals surface area contributed by atoms with Gasteiger partial charge in [0.1, 0.15) is 6.04 Å². The number of sulfonamides is 1. The molecule has 1 aliphatic heterocycles. The lowest BCUT2D eigenvalue weighted by Crippen LogP contribution is -2.51. The van der Waals surface area contributed by atoms with Crippen molar-refractivity contribution in [2.75, 3.05) is 31.2 Å². The maximum absolute atomic E-state index is 12.8. The molecule has 2 rings (SSSR count). The fourth-order valence-corrected chi connectivity index (χ4v) is 4.51. The zero-order valence-corrected chi connectivity index (χ0v) is 16.1. The van der Waals surface area contributed by atoms with Gasteiger partial charge < -0.3 is 9.64 Å². The molecule has 0 aliphatic carbocycles. The van der Waals surface area contributed by atoms with Crippen LogP contribution in [0.3, 0.4) is 0 Å². The van der Waals surface area contributed by atoms with Crippen LogP contribution in [-0.2, 0) is 19.6 Å². The monoisotopic (exact) mass is 398 g/mol. The molecule has 7 nitrogen and oxygen atoms in total. The van der Waals surface area contributed by atoms with Crippen LogP contribution in [0.5, 0.6) is 0 Å². The molecule has 0 radical (unpaired) electrons. The highest BCUT2D eigenvalue weighted by Gasteiger charge is 2.34. The van der Waals surface area contributed by atoms with E-state index in [1.807, 2.05) is 0 Å². The Hall–Kier alpha value is -1.84. The topological polar surface area (TPSA) is 92.8 Å². The van der Waals surface area contributed by atoms with Crippen LogP contribution in [0.4, 0.5) is 0 Å². The average Bonchev–Trinajstić information content (AvgIpc) is 2.66. The van der Waals surface area contributed by atoms with E-state index in [9.17, 15) is 18.0 Å². The number of amides is 1. The van der Waals surface area contributed by atoms with Crippen LogP contribution in [0.15, 0.2) is 41.8 Å². The second-order valence-corrected chi connectivity index (χ2v) is 8.42. The summed E-state index contributed by atoms with van der Waals surface area (Å²) in [5, 5.41) is 0. The second-order valence-electron chi connectivity index (χ2n) is 5.51. The molecule has 0 aromatic heterocycles. The summed E-state index contributed by atoms with van der Waals surface area (Å²) in [7, 11) is -3.64. The summed E-state index contributed by atoms with van der Waals surface area (Å²) in [5.41, 5.74) is 0.328. The Morgan fingerprint density at radius 2 is 2.08 bits per heavy atom. The van der Waals surface area contributed by atoms with E-state index in [4.69, 9.17) is 4.74 Å². The Kier molecular flexibility index (Phi) is 7.24. The van der Waals surface area contributed by atoms with E-state index >= 15 is 0 Å². The van der Waals surface area contributed by atoms with Gasteiger partial charge >= 0.3 is 5.97 Å². The van der Waals surface area contributed by atoms with Crippen LogP contribution in [0.25, 0.3) is 0 Å². The summed E-state index contributed by atoms with van der Waals surface area (Å²) < 4.78 is 31.6. The number of ether oxygens (including phenoxy) is 1. The van der Waals surface area contributed by atoms with Crippen LogP contribution in [-0.4, -0.2) is 62.4 Å². The Labute approximate surface area is 157 Å². The molecule has 142 valence electrons. The first kappa shape index (κ1) is 20.5. The molecule has 1 heterocycles. The third kappa shape index (κ3) is 4.87. The molecule has 1 unspecified atom stereocenters. The minimum atomic E-state index is -3.64. The van der Waals surface area contributed by atoms with Gasteiger partial charge in [-0.05, 0) is 31.2 Å². The molecule has 0 spiro atoms. The summed E-state index contributed by atoms with van der Waals surface area (Å²) in [6, 6.07) is 5.02. The van der Waals surface area contributed by atoms with E-state index < -0.39 is 22.0 Å². The zero-order chi connectivity index (χ0) is 19.2. The molecular weight excluding hydrogens is 376 g/mol. The first-order chi connectivity index (χ1) is 12.4. The molecular formula is C17H22N2O5S2. The highest BCUT2D eigenvalue weighted by molar-refractivity contribution is 7.99. The predicted octanol–water partition coefficient (Wildman–Crippen LogP) is 1.27. The van der Waals surface area contributed by atoms with Gasteiger partial charge in [0.2, 0.25) is 10.0 Å². The molecule has 1 amide bonds. The van der Waals surface area contributed by atoms with Gasteiger partial charge in [-0.15, -0.1) is 6.58 Å². The van der Waals surface area contributed by atoms with Crippen molar-refractivity contribution in [1.29, 1.82) is 0 Å². The van der Waals surface area contributed by atoms with Gasteiger partial charge in [0, 0.05) is 30.2 Å². The Morgan fingerprint density at radius 1 is 1.38 bits per heavy atom. The smallest absolute Gasteiger partial charge is 0.329 e. The Bertz CT molecular complexity index is 762. The van der Waals surface area contributed by atoms with Crippen molar-refractivity contribution < 1.29 is 22.7 Å². The number of nitrogens with zero attached hydrogens (tertiary/aromatic N) is 1. The Morgan fingerprint density at radius 3 is 2.69 bits per heavy atom. The lowest BCUT2D eigenvalue weighted by atomic mass is 10.1. The molecule has 1 aliphatic rings. The average molecular weight is 399 g/mol. The minimum Gasteiger partial charge on any atom is -0.464 e. The van der Waals surface area contributed by atoms with Crippen LogP contribution >= 0.6 is 11.8 Å². The molecule has 1 atom stereocenters. The number of benzene rings is 1. The molecule has 1 fully saturated rings. The number of esters is 1. The van der Waals surface area contributed by atoms with Crippen molar-refractivity contribution in [3.8, 4) is 0 Å². The fourth-order valence-electron chi connectivity index (χ4n) is 2.47. The van der Waals surface area contributed by atoms with E-state index in [1.165, 1.54) is 35.2 Å². The standard InChI is InChI=1S/C17H22N2O5S2/c1-3-9-18-26(22,23)14-7-5-13(6-8-14)16(20)19-10-11-25-12-15(19)17(21)24-4-2/h3,5-8,15,18H,1,4,9-12H2,2H3. The van der Waals surface area contributed by atoms with Crippen LogP contribution in [0.1, 0.15) is 17.3 Å². The van der Waals surface area contributed by atoms with E-state index in [1.54, 1.807) is 18.7 Å². The maximum atomic E-state index is 12.8. The quantitative estimate of drug-likeness (QED) is 0.549. The highest BCUT2D eigenvalue weighted by atomic mass is 32.2. The van der Waals surface area contributed by atoms with Gasteiger partial charge in [-0.1, -0.05) is 6.08 Å². The third-order valence-electron chi connectivity index (χ3n) is 3.78. The summed E-state index contributed by atoms with van der Waals surface area (Å²) in [4.78, 5) is 26.4. The first-order valence-electron chi connectivity index (χ1n) is 8.16. The van der Waals surface area contributed by atoms with Crippen LogP contribution in [0.2, 0.25) is 0 Å². The summed E-state index contributed by atoms with van der Waals surface area (Å²) in [6.45, 7) is 6.00. The lowest BCUT2D eigenvalue weighted by molar-refractivity contribution is -0.147. The van der Waals surface area contributed by atoms with E-state index in [0.29, 0.717) is 17.9 Å². The van der Waals surface area contributed by atoms with E-state index in [0.717, 1.165) is 5.75 Å². The number of hydrogen-bond donors (Lipinski definition) is 1. The summed E-state index contributed by atoms with van der Waals surface area (Å²) in [5.74, 6) is 0.495. The molecule has 1 saturated heterocycles. The molecule has 26 heavy (non-hydrogen) atoms. The van der Waals surface area contributed by atoms with Gasteiger partial charge in [-0.2, -0.15) is 11.8 Å². The van der Waals surface area contributed by atoms with Gasteiger partial charge in [0.15, 0.2) is 0 Å². The summed E-state index contributed by atoms with van der Waals surface area (Å²) in [6.07, 6.45) is 1.44. The fraction of sp³-hybridized carbons (Fsp3) is 0.412. The van der Waals surface area contributed by atoms with Gasteiger partial charge in [-0.3, -0.25) is 4.79 Å². The third-order valence-corrected chi connectivity index (χ3v) is 6.24.